The van der Waals surface area contributed by atoms with Crippen LogP contribution in [-0.4, -0.2) is 5.91 Å². The van der Waals surface area contributed by atoms with Gasteiger partial charge >= 0.3 is 0 Å². The summed E-state index contributed by atoms with van der Waals surface area (Å²) in [6.07, 6.45) is 0. The molecule has 6 heteroatoms. The molecule has 0 spiro atoms. The highest BCUT2D eigenvalue weighted by molar-refractivity contribution is 6.45. The molecule has 0 saturated carbocycles. The van der Waals surface area contributed by atoms with E-state index in [1.165, 1.54) is 12.1 Å². The van der Waals surface area contributed by atoms with Crippen molar-refractivity contribution in [3.8, 4) is 11.1 Å². The van der Waals surface area contributed by atoms with Gasteiger partial charge in [-0.05, 0) is 23.8 Å². The number of benzene rings is 3. The Balaban J connectivity index is 1.94. The van der Waals surface area contributed by atoms with Crippen LogP contribution in [0.15, 0.2) is 60.7 Å². The molecule has 3 aromatic carbocycles. The lowest BCUT2D eigenvalue weighted by Crippen LogP contribution is -2.16. The van der Waals surface area contributed by atoms with Gasteiger partial charge in [0, 0.05) is 5.56 Å². The van der Waals surface area contributed by atoms with Crippen LogP contribution in [0.2, 0.25) is 10.0 Å². The summed E-state index contributed by atoms with van der Waals surface area (Å²) < 4.78 is 27.4. The van der Waals surface area contributed by atoms with Gasteiger partial charge in [0.05, 0.1) is 15.7 Å². The van der Waals surface area contributed by atoms with Crippen LogP contribution < -0.4 is 5.32 Å². The number of hydrogen-bond donors (Lipinski definition) is 1. The van der Waals surface area contributed by atoms with Gasteiger partial charge in [-0.25, -0.2) is 8.78 Å². The first kappa shape index (κ1) is 17.4. The van der Waals surface area contributed by atoms with Gasteiger partial charge in [-0.1, -0.05) is 65.7 Å². The number of amides is 1. The van der Waals surface area contributed by atoms with Crippen molar-refractivity contribution in [1.82, 2.24) is 0 Å². The molecule has 0 radical (unpaired) electrons. The maximum Gasteiger partial charge on any atom is 0.261 e. The van der Waals surface area contributed by atoms with Crippen LogP contribution in [0, 0.1) is 11.6 Å². The van der Waals surface area contributed by atoms with Gasteiger partial charge < -0.3 is 5.32 Å². The summed E-state index contributed by atoms with van der Waals surface area (Å²) in [6, 6.07) is 15.7. The Hall–Kier alpha value is -2.43. The van der Waals surface area contributed by atoms with Crippen LogP contribution >= 0.6 is 23.2 Å². The first-order valence-electron chi connectivity index (χ1n) is 7.28. The Morgan fingerprint density at radius 1 is 0.800 bits per heavy atom. The van der Waals surface area contributed by atoms with Crippen molar-refractivity contribution >= 4 is 34.8 Å². The van der Waals surface area contributed by atoms with Crippen molar-refractivity contribution in [2.45, 2.75) is 0 Å². The molecule has 3 aromatic rings. The third-order valence-electron chi connectivity index (χ3n) is 3.61. The molecule has 25 heavy (non-hydrogen) atoms. The molecule has 0 aliphatic heterocycles. The number of rotatable bonds is 3. The number of carbonyl (C=O) groups is 1. The monoisotopic (exact) mass is 377 g/mol. The standard InChI is InChI=1S/C19H11Cl2F2NO/c20-17-12(11-5-2-1-3-6-11)9-10-15(18(17)21)24-19(25)16-13(22)7-4-8-14(16)23/h1-10H,(H,24,25). The maximum atomic E-state index is 13.7. The van der Waals surface area contributed by atoms with Crippen molar-refractivity contribution in [3.63, 3.8) is 0 Å². The first-order valence-corrected chi connectivity index (χ1v) is 8.03. The van der Waals surface area contributed by atoms with E-state index in [4.69, 9.17) is 23.2 Å². The molecule has 2 nitrogen and oxygen atoms in total. The molecule has 0 aromatic heterocycles. The average Bonchev–Trinajstić information content (AvgIpc) is 2.60. The quantitative estimate of drug-likeness (QED) is 0.579. The summed E-state index contributed by atoms with van der Waals surface area (Å²) in [6.45, 7) is 0. The van der Waals surface area contributed by atoms with E-state index in [0.717, 1.165) is 17.7 Å². The molecule has 0 heterocycles. The van der Waals surface area contributed by atoms with Crippen LogP contribution in [0.25, 0.3) is 11.1 Å². The second-order valence-electron chi connectivity index (χ2n) is 5.21. The van der Waals surface area contributed by atoms with Gasteiger partial charge in [-0.2, -0.15) is 0 Å². The summed E-state index contributed by atoms with van der Waals surface area (Å²) in [4.78, 5) is 12.2. The van der Waals surface area contributed by atoms with Crippen LogP contribution in [0.5, 0.6) is 0 Å². The minimum atomic E-state index is -0.958. The van der Waals surface area contributed by atoms with Crippen LogP contribution in [0.4, 0.5) is 14.5 Å². The molecule has 0 atom stereocenters. The molecule has 0 bridgehead atoms. The molecule has 0 aliphatic carbocycles. The second-order valence-corrected chi connectivity index (χ2v) is 5.96. The van der Waals surface area contributed by atoms with Gasteiger partial charge in [0.2, 0.25) is 0 Å². The zero-order valence-corrected chi connectivity index (χ0v) is 14.2. The Morgan fingerprint density at radius 2 is 1.44 bits per heavy atom. The zero-order chi connectivity index (χ0) is 18.0. The lowest BCUT2D eigenvalue weighted by atomic mass is 10.1. The average molecular weight is 378 g/mol. The van der Waals surface area contributed by atoms with E-state index in [1.807, 2.05) is 30.3 Å². The van der Waals surface area contributed by atoms with Gasteiger partial charge in [0.25, 0.3) is 5.91 Å². The molecule has 0 aliphatic rings. The van der Waals surface area contributed by atoms with Crippen LogP contribution in [0.1, 0.15) is 10.4 Å². The highest BCUT2D eigenvalue weighted by atomic mass is 35.5. The Bertz CT molecular complexity index is 925. The second kappa shape index (κ2) is 7.21. The van der Waals surface area contributed by atoms with E-state index >= 15 is 0 Å². The van der Waals surface area contributed by atoms with Crippen molar-refractivity contribution in [2.75, 3.05) is 5.32 Å². The van der Waals surface area contributed by atoms with Gasteiger partial charge in [-0.3, -0.25) is 4.79 Å². The molecule has 0 fully saturated rings. The lowest BCUT2D eigenvalue weighted by Gasteiger charge is -2.12. The summed E-state index contributed by atoms with van der Waals surface area (Å²) in [7, 11) is 0. The van der Waals surface area contributed by atoms with Crippen molar-refractivity contribution < 1.29 is 13.6 Å². The van der Waals surface area contributed by atoms with E-state index in [1.54, 1.807) is 6.07 Å². The highest BCUT2D eigenvalue weighted by Gasteiger charge is 2.19. The fourth-order valence-corrected chi connectivity index (χ4v) is 2.87. The summed E-state index contributed by atoms with van der Waals surface area (Å²) in [5, 5.41) is 2.72. The van der Waals surface area contributed by atoms with E-state index in [-0.39, 0.29) is 15.7 Å². The van der Waals surface area contributed by atoms with Crippen molar-refractivity contribution in [1.29, 1.82) is 0 Å². The van der Waals surface area contributed by atoms with Crippen LogP contribution in [0.3, 0.4) is 0 Å². The van der Waals surface area contributed by atoms with E-state index in [0.29, 0.717) is 5.56 Å². The summed E-state index contributed by atoms with van der Waals surface area (Å²) in [5.41, 5.74) is 1.02. The SMILES string of the molecule is O=C(Nc1ccc(-c2ccccc2)c(Cl)c1Cl)c1c(F)cccc1F. The molecule has 0 unspecified atom stereocenters. The minimum absolute atomic E-state index is 0.0908. The third-order valence-corrected chi connectivity index (χ3v) is 4.49. The Labute approximate surface area is 153 Å². The Morgan fingerprint density at radius 3 is 2.08 bits per heavy atom. The van der Waals surface area contributed by atoms with Crippen molar-refractivity contribution in [3.05, 3.63) is 87.9 Å². The molecule has 3 rings (SSSR count). The van der Waals surface area contributed by atoms with E-state index in [9.17, 15) is 13.6 Å². The Kier molecular flexibility index (Phi) is 5.02. The molecular formula is C19H11Cl2F2NO. The predicted octanol–water partition coefficient (Wildman–Crippen LogP) is 6.19. The third kappa shape index (κ3) is 3.50. The molecule has 1 N–H and O–H groups in total. The zero-order valence-electron chi connectivity index (χ0n) is 12.7. The number of carbonyl (C=O) groups excluding carboxylic acids is 1. The molecule has 0 saturated heterocycles. The maximum absolute atomic E-state index is 13.7. The molecule has 126 valence electrons. The lowest BCUT2D eigenvalue weighted by molar-refractivity contribution is 0.101. The van der Waals surface area contributed by atoms with Gasteiger partial charge in [-0.15, -0.1) is 0 Å². The number of nitrogens with one attached hydrogen (secondary N) is 1. The minimum Gasteiger partial charge on any atom is -0.320 e. The fourth-order valence-electron chi connectivity index (χ4n) is 2.39. The van der Waals surface area contributed by atoms with Crippen molar-refractivity contribution in [2.24, 2.45) is 0 Å². The first-order chi connectivity index (χ1) is 12.0. The van der Waals surface area contributed by atoms with Gasteiger partial charge in [0.15, 0.2) is 0 Å². The summed E-state index contributed by atoms with van der Waals surface area (Å²) >= 11 is 12.5. The van der Waals surface area contributed by atoms with E-state index < -0.39 is 23.1 Å². The largest absolute Gasteiger partial charge is 0.320 e. The number of halogens is 4. The predicted molar refractivity (Wildman–Crippen MR) is 96.2 cm³/mol. The number of hydrogen-bond acceptors (Lipinski definition) is 1. The van der Waals surface area contributed by atoms with Gasteiger partial charge in [0.1, 0.15) is 17.2 Å². The van der Waals surface area contributed by atoms with Crippen LogP contribution in [-0.2, 0) is 0 Å². The highest BCUT2D eigenvalue weighted by Crippen LogP contribution is 2.38. The van der Waals surface area contributed by atoms with E-state index in [2.05, 4.69) is 5.32 Å². The number of anilines is 1. The summed E-state index contributed by atoms with van der Waals surface area (Å²) in [5.74, 6) is -2.86. The molecular weight excluding hydrogens is 367 g/mol. The fraction of sp³-hybridized carbons (Fsp3) is 0. The normalized spacial score (nSPS) is 10.6. The molecule has 1 amide bonds. The smallest absolute Gasteiger partial charge is 0.261 e. The topological polar surface area (TPSA) is 29.1 Å².